The van der Waals surface area contributed by atoms with Crippen LogP contribution < -0.4 is 0 Å². The highest BCUT2D eigenvalue weighted by Crippen LogP contribution is 2.14. The monoisotopic (exact) mass is 248 g/mol. The van der Waals surface area contributed by atoms with E-state index in [9.17, 15) is 9.59 Å². The second-order valence-corrected chi connectivity index (χ2v) is 5.03. The van der Waals surface area contributed by atoms with E-state index in [0.29, 0.717) is 5.75 Å². The third-order valence-corrected chi connectivity index (χ3v) is 3.12. The number of hydrogen-bond acceptors (Lipinski definition) is 3. The van der Waals surface area contributed by atoms with Crippen LogP contribution in [0.2, 0.25) is 0 Å². The summed E-state index contributed by atoms with van der Waals surface area (Å²) in [6, 6.07) is 5.65. The van der Waals surface area contributed by atoms with Gasteiger partial charge in [0.25, 0.3) is 0 Å². The Balaban J connectivity index is 2.72. The van der Waals surface area contributed by atoms with Gasteiger partial charge in [0.15, 0.2) is 10.9 Å². The summed E-state index contributed by atoms with van der Waals surface area (Å²) in [5, 5.41) is 0.123. The molecule has 0 saturated heterocycles. The molecule has 17 heavy (non-hydrogen) atoms. The molecule has 0 atom stereocenters. The van der Waals surface area contributed by atoms with E-state index in [4.69, 9.17) is 0 Å². The second-order valence-electron chi connectivity index (χ2n) is 3.83. The fourth-order valence-corrected chi connectivity index (χ4v) is 1.85. The third kappa shape index (κ3) is 4.57. The van der Waals surface area contributed by atoms with E-state index in [-0.39, 0.29) is 10.9 Å². The van der Waals surface area contributed by atoms with Crippen molar-refractivity contribution in [2.24, 2.45) is 0 Å². The number of benzene rings is 1. The topological polar surface area (TPSA) is 34.1 Å². The van der Waals surface area contributed by atoms with Gasteiger partial charge in [-0.1, -0.05) is 36.0 Å². The Labute approximate surface area is 106 Å². The molecule has 0 bridgehead atoms. The van der Waals surface area contributed by atoms with Crippen LogP contribution in [0.4, 0.5) is 0 Å². The van der Waals surface area contributed by atoms with Crippen LogP contribution in [0.25, 0.3) is 6.08 Å². The van der Waals surface area contributed by atoms with Crippen LogP contribution in [0.5, 0.6) is 0 Å². The van der Waals surface area contributed by atoms with Crippen LogP contribution in [0, 0.1) is 6.92 Å². The zero-order chi connectivity index (χ0) is 12.8. The molecule has 0 N–H and O–H groups in total. The molecule has 0 amide bonds. The molecule has 3 heteroatoms. The summed E-state index contributed by atoms with van der Waals surface area (Å²) in [6.45, 7) is 5.10. The molecule has 0 radical (unpaired) electrons. The van der Waals surface area contributed by atoms with Gasteiger partial charge in [0.05, 0.1) is 0 Å². The van der Waals surface area contributed by atoms with Crippen molar-refractivity contribution in [3.8, 4) is 0 Å². The van der Waals surface area contributed by atoms with E-state index < -0.39 is 0 Å². The number of rotatable bonds is 4. The molecule has 1 rings (SSSR count). The smallest absolute Gasteiger partial charge is 0.186 e. The molecule has 1 aromatic rings. The normalized spacial score (nSPS) is 10.8. The summed E-state index contributed by atoms with van der Waals surface area (Å²) in [6.07, 6.45) is 3.94. The fourth-order valence-electron chi connectivity index (χ4n) is 1.42. The Morgan fingerprint density at radius 3 is 2.53 bits per heavy atom. The molecular formula is C14H16O2S. The van der Waals surface area contributed by atoms with Crippen LogP contribution >= 0.6 is 11.8 Å². The standard InChI is InChI=1S/C14H16O2S/c1-10-9-14(11(2)15)7-6-13(10)5-4-8-17-12(3)16/h4-7,9H,8H2,1-3H3. The highest BCUT2D eigenvalue weighted by Gasteiger charge is 2.01. The first-order chi connectivity index (χ1) is 8.00. The van der Waals surface area contributed by atoms with E-state index in [2.05, 4.69) is 0 Å². The first-order valence-electron chi connectivity index (χ1n) is 5.42. The van der Waals surface area contributed by atoms with Gasteiger partial charge in [0.1, 0.15) is 0 Å². The summed E-state index contributed by atoms with van der Waals surface area (Å²) in [5.74, 6) is 0.763. The zero-order valence-corrected chi connectivity index (χ0v) is 11.1. The number of thioether (sulfide) groups is 1. The van der Waals surface area contributed by atoms with E-state index in [1.54, 1.807) is 13.8 Å². The Morgan fingerprint density at radius 2 is 2.00 bits per heavy atom. The SMILES string of the molecule is CC(=O)SCC=Cc1ccc(C(C)=O)cc1C. The number of Topliss-reactive ketones (excluding diaryl/α,β-unsaturated/α-hetero) is 1. The van der Waals surface area contributed by atoms with E-state index in [0.717, 1.165) is 16.7 Å². The van der Waals surface area contributed by atoms with Crippen LogP contribution in [0.15, 0.2) is 24.3 Å². The largest absolute Gasteiger partial charge is 0.295 e. The Bertz CT molecular complexity index is 461. The van der Waals surface area contributed by atoms with Crippen molar-refractivity contribution in [3.05, 3.63) is 41.0 Å². The molecule has 90 valence electrons. The number of carbonyl (C=O) groups excluding carboxylic acids is 2. The maximum Gasteiger partial charge on any atom is 0.186 e. The summed E-state index contributed by atoms with van der Waals surface area (Å²) in [4.78, 5) is 21.9. The van der Waals surface area contributed by atoms with Gasteiger partial charge in [-0.3, -0.25) is 9.59 Å². The molecular weight excluding hydrogens is 232 g/mol. The van der Waals surface area contributed by atoms with Gasteiger partial charge in [-0.05, 0) is 31.0 Å². The van der Waals surface area contributed by atoms with Gasteiger partial charge in [-0.15, -0.1) is 0 Å². The maximum atomic E-state index is 11.2. The molecule has 2 nitrogen and oxygen atoms in total. The quantitative estimate of drug-likeness (QED) is 0.765. The van der Waals surface area contributed by atoms with Gasteiger partial charge < -0.3 is 0 Å². The lowest BCUT2D eigenvalue weighted by molar-refractivity contribution is -0.109. The number of hydrogen-bond donors (Lipinski definition) is 0. The molecule has 0 fully saturated rings. The van der Waals surface area contributed by atoms with Gasteiger partial charge in [-0.2, -0.15) is 0 Å². The second kappa shape index (κ2) is 6.40. The molecule has 0 aliphatic rings. The average Bonchev–Trinajstić information content (AvgIpc) is 2.25. The highest BCUT2D eigenvalue weighted by molar-refractivity contribution is 8.13. The van der Waals surface area contributed by atoms with Crippen molar-refractivity contribution in [1.29, 1.82) is 0 Å². The van der Waals surface area contributed by atoms with Crippen molar-refractivity contribution in [1.82, 2.24) is 0 Å². The van der Waals surface area contributed by atoms with Crippen molar-refractivity contribution in [2.45, 2.75) is 20.8 Å². The van der Waals surface area contributed by atoms with Gasteiger partial charge in [0, 0.05) is 18.2 Å². The van der Waals surface area contributed by atoms with Crippen LogP contribution in [-0.2, 0) is 4.79 Å². The van der Waals surface area contributed by atoms with E-state index in [1.165, 1.54) is 11.8 Å². The third-order valence-electron chi connectivity index (χ3n) is 2.36. The minimum atomic E-state index is 0.0794. The molecule has 0 unspecified atom stereocenters. The molecule has 0 aromatic heterocycles. The lowest BCUT2D eigenvalue weighted by Crippen LogP contribution is -1.93. The number of carbonyl (C=O) groups is 2. The Hall–Kier alpha value is -1.35. The van der Waals surface area contributed by atoms with Crippen molar-refractivity contribution in [2.75, 3.05) is 5.75 Å². The molecule has 0 aliphatic carbocycles. The zero-order valence-electron chi connectivity index (χ0n) is 10.3. The summed E-state index contributed by atoms with van der Waals surface area (Å²) < 4.78 is 0. The van der Waals surface area contributed by atoms with Gasteiger partial charge >= 0.3 is 0 Å². The number of aryl methyl sites for hydroxylation is 1. The fraction of sp³-hybridized carbons (Fsp3) is 0.286. The molecule has 0 saturated carbocycles. The Morgan fingerprint density at radius 1 is 1.29 bits per heavy atom. The van der Waals surface area contributed by atoms with E-state index >= 15 is 0 Å². The summed E-state index contributed by atoms with van der Waals surface area (Å²) >= 11 is 1.28. The van der Waals surface area contributed by atoms with Gasteiger partial charge in [0.2, 0.25) is 0 Å². The first-order valence-corrected chi connectivity index (χ1v) is 6.40. The van der Waals surface area contributed by atoms with Crippen molar-refractivity contribution < 1.29 is 9.59 Å². The van der Waals surface area contributed by atoms with Crippen molar-refractivity contribution >= 4 is 28.7 Å². The minimum absolute atomic E-state index is 0.0794. The summed E-state index contributed by atoms with van der Waals surface area (Å²) in [5.41, 5.74) is 2.89. The Kier molecular flexibility index (Phi) is 5.16. The molecule has 1 aromatic carbocycles. The first kappa shape index (κ1) is 13.7. The summed E-state index contributed by atoms with van der Waals surface area (Å²) in [7, 11) is 0. The molecule has 0 aliphatic heterocycles. The average molecular weight is 248 g/mol. The van der Waals surface area contributed by atoms with E-state index in [1.807, 2.05) is 37.3 Å². The van der Waals surface area contributed by atoms with Crippen LogP contribution in [0.1, 0.15) is 35.3 Å². The highest BCUT2D eigenvalue weighted by atomic mass is 32.2. The lowest BCUT2D eigenvalue weighted by atomic mass is 10.0. The number of ketones is 1. The van der Waals surface area contributed by atoms with Crippen LogP contribution in [-0.4, -0.2) is 16.7 Å². The molecule has 0 spiro atoms. The maximum absolute atomic E-state index is 11.2. The minimum Gasteiger partial charge on any atom is -0.295 e. The van der Waals surface area contributed by atoms with Gasteiger partial charge in [-0.25, -0.2) is 0 Å². The molecule has 0 heterocycles. The van der Waals surface area contributed by atoms with Crippen LogP contribution in [0.3, 0.4) is 0 Å². The lowest BCUT2D eigenvalue weighted by Gasteiger charge is -2.02. The predicted octanol–water partition coefficient (Wildman–Crippen LogP) is 3.49. The predicted molar refractivity (Wildman–Crippen MR) is 73.4 cm³/mol. The van der Waals surface area contributed by atoms with Crippen molar-refractivity contribution in [3.63, 3.8) is 0 Å².